The first kappa shape index (κ1) is 56.6. The van der Waals surface area contributed by atoms with E-state index in [0.717, 1.165) is 127 Å². The van der Waals surface area contributed by atoms with Crippen LogP contribution in [-0.2, 0) is 0 Å². The van der Waals surface area contributed by atoms with E-state index < -0.39 is 0 Å². The summed E-state index contributed by atoms with van der Waals surface area (Å²) in [4.78, 5) is 22.4. The Kier molecular flexibility index (Phi) is 15.7. The fourth-order valence-electron chi connectivity index (χ4n) is 11.7. The van der Waals surface area contributed by atoms with Crippen molar-refractivity contribution in [3.05, 3.63) is 260 Å². The first-order valence-electron chi connectivity index (χ1n) is 30.3. The molecule has 9 heteroatoms. The molecular formula is C79H67N5O4. The van der Waals surface area contributed by atoms with Gasteiger partial charge in [0.05, 0.1) is 17.0 Å². The number of hydrogen-bond donors (Lipinski definition) is 0. The summed E-state index contributed by atoms with van der Waals surface area (Å²) in [6.45, 7) is 17.3. The number of pyridine rings is 5. The van der Waals surface area contributed by atoms with E-state index in [1.165, 1.54) is 27.8 Å². The highest BCUT2D eigenvalue weighted by Crippen LogP contribution is 2.42. The first-order chi connectivity index (χ1) is 43.0. The summed E-state index contributed by atoms with van der Waals surface area (Å²) >= 11 is 0. The molecule has 432 valence electrons. The lowest BCUT2D eigenvalue weighted by Gasteiger charge is -2.06. The van der Waals surface area contributed by atoms with E-state index in [-0.39, 0.29) is 0 Å². The van der Waals surface area contributed by atoms with Gasteiger partial charge in [-0.05, 0) is 76.3 Å². The highest BCUT2D eigenvalue weighted by Gasteiger charge is 2.20. The van der Waals surface area contributed by atoms with Gasteiger partial charge in [-0.15, -0.1) is 0 Å². The van der Waals surface area contributed by atoms with Gasteiger partial charge in [0.25, 0.3) is 0 Å². The van der Waals surface area contributed by atoms with Gasteiger partial charge in [0.2, 0.25) is 0 Å². The lowest BCUT2D eigenvalue weighted by Crippen LogP contribution is -1.91. The molecule has 0 aliphatic carbocycles. The van der Waals surface area contributed by atoms with Crippen LogP contribution < -0.4 is 0 Å². The average molecular weight is 1150 g/mol. The number of rotatable bonds is 8. The Balaban J connectivity index is 0.000000108. The zero-order chi connectivity index (χ0) is 60.4. The van der Waals surface area contributed by atoms with Gasteiger partial charge in [0.15, 0.2) is 11.2 Å². The van der Waals surface area contributed by atoms with Crippen LogP contribution in [0.5, 0.6) is 0 Å². The summed E-state index contributed by atoms with van der Waals surface area (Å²) in [7, 11) is 0. The van der Waals surface area contributed by atoms with Crippen LogP contribution in [0.4, 0.5) is 0 Å². The molecule has 16 aromatic rings. The Morgan fingerprint density at radius 3 is 1.35 bits per heavy atom. The van der Waals surface area contributed by atoms with Crippen LogP contribution in [0.25, 0.3) is 133 Å². The lowest BCUT2D eigenvalue weighted by molar-refractivity contribution is 0.651. The largest absolute Gasteiger partial charge is 0.455 e. The number of para-hydroxylation sites is 4. The molecule has 0 aliphatic heterocycles. The second kappa shape index (κ2) is 24.5. The third kappa shape index (κ3) is 10.8. The molecule has 0 saturated heterocycles. The number of furan rings is 4. The van der Waals surface area contributed by atoms with Gasteiger partial charge in [0, 0.05) is 109 Å². The molecule has 0 N–H and O–H groups in total. The lowest BCUT2D eigenvalue weighted by atomic mass is 10.0. The standard InChI is InChI=1S/3C20H17NO.C19H16N2O/c1-13(2)17-11-21-12-18-16-10-6-9-15(19(16)22-20(17)18)14-7-4-3-5-8-14;1-13(2)15-11-12-21-18-17-10-6-9-16(19(17)22-20(15)18)14-7-4-3-5-8-14;1-13(2)18-20-17(11-12-21-18)16-10-6-9-15(19(16)22-20)14-7-4-3-5-8-14;1-12(2)13-7-8-17(21-9-13)16-11-20-10-15-14-5-3-4-6-18(14)22-19(15)16/h3*3-13H,1-2H3;3-12H,1-2H3. The molecule has 0 saturated carbocycles. The minimum atomic E-state index is 0.337. The molecule has 88 heavy (non-hydrogen) atoms. The molecule has 0 amide bonds. The fraction of sp³-hybridized carbons (Fsp3) is 0.152. The predicted molar refractivity (Wildman–Crippen MR) is 362 cm³/mol. The summed E-state index contributed by atoms with van der Waals surface area (Å²) in [5, 5.41) is 7.73. The zero-order valence-electron chi connectivity index (χ0n) is 50.7. The number of hydrogen-bond acceptors (Lipinski definition) is 9. The maximum Gasteiger partial charge on any atom is 0.157 e. The van der Waals surface area contributed by atoms with E-state index in [9.17, 15) is 0 Å². The normalized spacial score (nSPS) is 11.6. The van der Waals surface area contributed by atoms with E-state index in [1.54, 1.807) is 0 Å². The van der Waals surface area contributed by atoms with Gasteiger partial charge in [-0.2, -0.15) is 0 Å². The van der Waals surface area contributed by atoms with Crippen molar-refractivity contribution >= 4 is 87.9 Å². The fourth-order valence-corrected chi connectivity index (χ4v) is 11.7. The smallest absolute Gasteiger partial charge is 0.157 e. The van der Waals surface area contributed by atoms with Gasteiger partial charge < -0.3 is 17.7 Å². The molecule has 9 nitrogen and oxygen atoms in total. The maximum absolute atomic E-state index is 6.29. The number of aromatic nitrogens is 5. The van der Waals surface area contributed by atoms with Crippen molar-refractivity contribution in [3.63, 3.8) is 0 Å². The van der Waals surface area contributed by atoms with E-state index >= 15 is 0 Å². The monoisotopic (exact) mass is 1150 g/mol. The van der Waals surface area contributed by atoms with E-state index in [2.05, 4.69) is 226 Å². The summed E-state index contributed by atoms with van der Waals surface area (Å²) in [6.07, 6.45) is 13.2. The molecule has 0 radical (unpaired) electrons. The minimum absolute atomic E-state index is 0.337. The third-order valence-electron chi connectivity index (χ3n) is 16.3. The molecule has 7 aromatic carbocycles. The van der Waals surface area contributed by atoms with Gasteiger partial charge >= 0.3 is 0 Å². The molecule has 0 spiro atoms. The molecule has 9 aromatic heterocycles. The topological polar surface area (TPSA) is 117 Å². The first-order valence-corrected chi connectivity index (χ1v) is 30.3. The van der Waals surface area contributed by atoms with E-state index in [4.69, 9.17) is 17.7 Å². The van der Waals surface area contributed by atoms with Crippen molar-refractivity contribution in [3.8, 4) is 44.6 Å². The number of benzene rings is 7. The van der Waals surface area contributed by atoms with Crippen LogP contribution in [0.15, 0.2) is 255 Å². The molecule has 0 fully saturated rings. The zero-order valence-corrected chi connectivity index (χ0v) is 50.7. The van der Waals surface area contributed by atoms with Crippen LogP contribution in [0.3, 0.4) is 0 Å². The van der Waals surface area contributed by atoms with Crippen LogP contribution in [0.2, 0.25) is 0 Å². The Morgan fingerprint density at radius 1 is 0.284 bits per heavy atom. The van der Waals surface area contributed by atoms with Gasteiger partial charge in [-0.1, -0.05) is 219 Å². The summed E-state index contributed by atoms with van der Waals surface area (Å²) in [5.74, 6) is 1.61. The summed E-state index contributed by atoms with van der Waals surface area (Å²) in [5.41, 5.74) is 21.6. The minimum Gasteiger partial charge on any atom is -0.455 e. The van der Waals surface area contributed by atoms with Crippen molar-refractivity contribution in [2.24, 2.45) is 0 Å². The highest BCUT2D eigenvalue weighted by molar-refractivity contribution is 6.12. The van der Waals surface area contributed by atoms with Crippen molar-refractivity contribution in [2.45, 2.75) is 79.1 Å². The summed E-state index contributed by atoms with van der Waals surface area (Å²) in [6, 6.07) is 66.3. The molecule has 0 aliphatic rings. The van der Waals surface area contributed by atoms with Crippen LogP contribution in [0, 0.1) is 0 Å². The van der Waals surface area contributed by atoms with Gasteiger partial charge in [0.1, 0.15) is 39.0 Å². The predicted octanol–water partition coefficient (Wildman–Crippen LogP) is 22.5. The second-order valence-electron chi connectivity index (χ2n) is 23.5. The van der Waals surface area contributed by atoms with Crippen LogP contribution >= 0.6 is 0 Å². The Labute approximate surface area is 511 Å². The van der Waals surface area contributed by atoms with Crippen molar-refractivity contribution < 1.29 is 17.7 Å². The average Bonchev–Trinajstić information content (AvgIpc) is 4.56. The quantitative estimate of drug-likeness (QED) is 0.147. The molecule has 0 unspecified atom stereocenters. The molecule has 0 bridgehead atoms. The molecule has 0 atom stereocenters. The molecular weight excluding hydrogens is 1080 g/mol. The van der Waals surface area contributed by atoms with E-state index in [0.29, 0.717) is 23.7 Å². The molecule has 16 rings (SSSR count). The summed E-state index contributed by atoms with van der Waals surface area (Å²) < 4.78 is 24.9. The van der Waals surface area contributed by atoms with Crippen molar-refractivity contribution in [1.29, 1.82) is 0 Å². The third-order valence-corrected chi connectivity index (χ3v) is 16.3. The van der Waals surface area contributed by atoms with Crippen LogP contribution in [-0.4, -0.2) is 24.9 Å². The Morgan fingerprint density at radius 2 is 0.773 bits per heavy atom. The van der Waals surface area contributed by atoms with E-state index in [1.807, 2.05) is 91.9 Å². The highest BCUT2D eigenvalue weighted by atomic mass is 16.3. The molecule has 9 heterocycles. The Bertz CT molecular complexity index is 4710. The van der Waals surface area contributed by atoms with Gasteiger partial charge in [-0.3, -0.25) is 24.9 Å². The number of nitrogens with zero attached hydrogens (tertiary/aromatic N) is 5. The van der Waals surface area contributed by atoms with Crippen LogP contribution in [0.1, 0.15) is 101 Å². The van der Waals surface area contributed by atoms with Gasteiger partial charge in [-0.25, -0.2) is 0 Å². The SMILES string of the molecule is CC(C)c1ccc(-c2cncc3c2oc2ccccc23)nc1.CC(C)c1ccnc2c1oc1c(-c3ccccc3)cccc12.CC(C)c1cncc2c1oc1c(-c3ccccc3)cccc12.CC(C)c1nccc2c1oc1c(-c3ccccc3)cccc12. The Hall–Kier alpha value is -10.5. The van der Waals surface area contributed by atoms with Crippen molar-refractivity contribution in [2.75, 3.05) is 0 Å². The number of fused-ring (bicyclic) bond motifs is 12. The maximum atomic E-state index is 6.29. The van der Waals surface area contributed by atoms with Crippen molar-refractivity contribution in [1.82, 2.24) is 24.9 Å². The second-order valence-corrected chi connectivity index (χ2v) is 23.5.